The Morgan fingerprint density at radius 1 is 1.10 bits per heavy atom. The normalized spacial score (nSPS) is 15.8. The van der Waals surface area contributed by atoms with Gasteiger partial charge in [-0.3, -0.25) is 4.79 Å². The minimum absolute atomic E-state index is 0.100. The van der Waals surface area contributed by atoms with Gasteiger partial charge in [0.05, 0.1) is 10.2 Å². The van der Waals surface area contributed by atoms with Crippen LogP contribution in [0.4, 0.5) is 0 Å². The van der Waals surface area contributed by atoms with Gasteiger partial charge in [0.25, 0.3) is 10.0 Å². The summed E-state index contributed by atoms with van der Waals surface area (Å²) in [6.07, 6.45) is 1.27. The summed E-state index contributed by atoms with van der Waals surface area (Å²) >= 11 is 4.59. The Kier molecular flexibility index (Phi) is 6.55. The van der Waals surface area contributed by atoms with Crippen LogP contribution in [0.1, 0.15) is 12.8 Å². The Morgan fingerprint density at radius 2 is 1.90 bits per heavy atom. The molecule has 0 radical (unpaired) electrons. The average molecular weight is 468 g/mol. The number of benzene rings is 1. The molecule has 1 aromatic carbocycles. The first kappa shape index (κ1) is 20.8. The number of rotatable bonds is 7. The van der Waals surface area contributed by atoms with E-state index in [1.54, 1.807) is 45.5 Å². The van der Waals surface area contributed by atoms with Crippen molar-refractivity contribution in [3.63, 3.8) is 0 Å². The Bertz CT molecular complexity index is 1040. The lowest BCUT2D eigenvalue weighted by atomic mass is 10.2. The van der Waals surface area contributed by atoms with Gasteiger partial charge in [0.15, 0.2) is 4.34 Å². The molecule has 0 bridgehead atoms. The highest BCUT2D eigenvalue weighted by atomic mass is 32.2. The summed E-state index contributed by atoms with van der Waals surface area (Å²) in [5.74, 6) is 0.946. The molecule has 10 heteroatoms. The van der Waals surface area contributed by atoms with Crippen molar-refractivity contribution in [1.29, 1.82) is 0 Å². The van der Waals surface area contributed by atoms with Crippen molar-refractivity contribution in [2.24, 2.45) is 0 Å². The standard InChI is InChI=1S/C19H21N3O3S4/c23-17(7-3-14-27-19-20-15-5-1-2-6-16(15)28-19)21-9-11-22(12-10-21)29(24,25)18-8-4-13-26-18/h1-2,4-6,8,13H,3,7,9-12,14H2. The number of thioether (sulfide) groups is 1. The van der Waals surface area contributed by atoms with Crippen LogP contribution in [-0.4, -0.2) is 60.4 Å². The zero-order chi connectivity index (χ0) is 20.3. The van der Waals surface area contributed by atoms with E-state index in [0.717, 1.165) is 22.0 Å². The molecule has 154 valence electrons. The van der Waals surface area contributed by atoms with Gasteiger partial charge in [0.2, 0.25) is 5.91 Å². The van der Waals surface area contributed by atoms with Gasteiger partial charge in [0.1, 0.15) is 4.21 Å². The molecule has 1 aliphatic rings. The predicted molar refractivity (Wildman–Crippen MR) is 119 cm³/mol. The highest BCUT2D eigenvalue weighted by molar-refractivity contribution is 8.01. The maximum Gasteiger partial charge on any atom is 0.252 e. The summed E-state index contributed by atoms with van der Waals surface area (Å²) in [5.41, 5.74) is 1.02. The molecular weight excluding hydrogens is 446 g/mol. The Hall–Kier alpha value is -1.46. The average Bonchev–Trinajstić information content (AvgIpc) is 3.41. The van der Waals surface area contributed by atoms with E-state index in [0.29, 0.717) is 36.8 Å². The van der Waals surface area contributed by atoms with E-state index in [9.17, 15) is 13.2 Å². The topological polar surface area (TPSA) is 70.6 Å². The SMILES string of the molecule is O=C(CCCSc1nc2ccccc2s1)N1CCN(S(=O)(=O)c2cccs2)CC1. The number of carbonyl (C=O) groups is 1. The molecule has 0 saturated carbocycles. The number of carbonyl (C=O) groups excluding carboxylic acids is 1. The van der Waals surface area contributed by atoms with Gasteiger partial charge in [-0.15, -0.1) is 22.7 Å². The van der Waals surface area contributed by atoms with E-state index in [1.807, 2.05) is 18.2 Å². The molecule has 0 N–H and O–H groups in total. The van der Waals surface area contributed by atoms with E-state index in [2.05, 4.69) is 11.1 Å². The van der Waals surface area contributed by atoms with Crippen molar-refractivity contribution in [2.45, 2.75) is 21.4 Å². The molecule has 6 nitrogen and oxygen atoms in total. The van der Waals surface area contributed by atoms with Gasteiger partial charge < -0.3 is 4.90 Å². The van der Waals surface area contributed by atoms with Crippen LogP contribution >= 0.6 is 34.4 Å². The summed E-state index contributed by atoms with van der Waals surface area (Å²) in [4.78, 5) is 18.8. The lowest BCUT2D eigenvalue weighted by Gasteiger charge is -2.33. The van der Waals surface area contributed by atoms with E-state index in [-0.39, 0.29) is 5.91 Å². The second kappa shape index (κ2) is 9.13. The molecule has 1 aliphatic heterocycles. The van der Waals surface area contributed by atoms with Crippen LogP contribution in [0.25, 0.3) is 10.2 Å². The van der Waals surface area contributed by atoms with E-state index >= 15 is 0 Å². The molecule has 0 spiro atoms. The van der Waals surface area contributed by atoms with Gasteiger partial charge in [-0.2, -0.15) is 4.31 Å². The predicted octanol–water partition coefficient (Wildman–Crippen LogP) is 3.76. The fourth-order valence-electron chi connectivity index (χ4n) is 3.17. The van der Waals surface area contributed by atoms with Crippen LogP contribution < -0.4 is 0 Å². The lowest BCUT2D eigenvalue weighted by molar-refractivity contribution is -0.132. The van der Waals surface area contributed by atoms with Crippen molar-refractivity contribution >= 4 is 60.6 Å². The summed E-state index contributed by atoms with van der Waals surface area (Å²) in [6.45, 7) is 1.61. The van der Waals surface area contributed by atoms with Gasteiger partial charge in [-0.1, -0.05) is 30.0 Å². The zero-order valence-corrected chi connectivity index (χ0v) is 19.0. The maximum atomic E-state index is 12.6. The highest BCUT2D eigenvalue weighted by Gasteiger charge is 2.30. The lowest BCUT2D eigenvalue weighted by Crippen LogP contribution is -2.50. The van der Waals surface area contributed by atoms with E-state index < -0.39 is 10.0 Å². The fraction of sp³-hybridized carbons (Fsp3) is 0.368. The molecule has 1 amide bonds. The minimum Gasteiger partial charge on any atom is -0.340 e. The van der Waals surface area contributed by atoms with Crippen molar-refractivity contribution in [1.82, 2.24) is 14.2 Å². The van der Waals surface area contributed by atoms with Crippen LogP contribution in [0.3, 0.4) is 0 Å². The second-order valence-corrected chi connectivity index (χ2v) is 12.1. The number of fused-ring (bicyclic) bond motifs is 1. The van der Waals surface area contributed by atoms with Crippen molar-refractivity contribution in [3.8, 4) is 0 Å². The number of nitrogens with zero attached hydrogens (tertiary/aromatic N) is 3. The maximum absolute atomic E-state index is 12.6. The largest absolute Gasteiger partial charge is 0.340 e. The minimum atomic E-state index is -3.43. The molecule has 0 aliphatic carbocycles. The third kappa shape index (κ3) is 4.83. The van der Waals surface area contributed by atoms with Crippen LogP contribution in [0.2, 0.25) is 0 Å². The number of sulfonamides is 1. The summed E-state index contributed by atoms with van der Waals surface area (Å²) in [7, 11) is -3.43. The molecular formula is C19H21N3O3S4. The molecule has 4 rings (SSSR count). The van der Waals surface area contributed by atoms with Gasteiger partial charge in [-0.05, 0) is 30.0 Å². The Labute approximate surface area is 182 Å². The monoisotopic (exact) mass is 467 g/mol. The number of amides is 1. The molecule has 1 saturated heterocycles. The first-order valence-corrected chi connectivity index (χ1v) is 13.5. The molecule has 2 aromatic heterocycles. The van der Waals surface area contributed by atoms with Gasteiger partial charge >= 0.3 is 0 Å². The smallest absolute Gasteiger partial charge is 0.252 e. The Balaban J connectivity index is 1.21. The molecule has 0 atom stereocenters. The van der Waals surface area contributed by atoms with Crippen LogP contribution in [0.15, 0.2) is 50.3 Å². The van der Waals surface area contributed by atoms with Crippen molar-refractivity contribution in [3.05, 3.63) is 41.8 Å². The third-order valence-corrected chi connectivity index (χ3v) is 10.3. The van der Waals surface area contributed by atoms with Gasteiger partial charge in [-0.25, -0.2) is 13.4 Å². The van der Waals surface area contributed by atoms with Crippen molar-refractivity contribution < 1.29 is 13.2 Å². The zero-order valence-electron chi connectivity index (χ0n) is 15.7. The number of aromatic nitrogens is 1. The number of hydrogen-bond donors (Lipinski definition) is 0. The second-order valence-electron chi connectivity index (χ2n) is 6.62. The molecule has 0 unspecified atom stereocenters. The first-order chi connectivity index (χ1) is 14.0. The van der Waals surface area contributed by atoms with Crippen LogP contribution in [0.5, 0.6) is 0 Å². The molecule has 1 fully saturated rings. The molecule has 3 aromatic rings. The van der Waals surface area contributed by atoms with Crippen molar-refractivity contribution in [2.75, 3.05) is 31.9 Å². The number of thiazole rings is 1. The molecule has 29 heavy (non-hydrogen) atoms. The number of hydrogen-bond acceptors (Lipinski definition) is 7. The summed E-state index contributed by atoms with van der Waals surface area (Å²) in [6, 6.07) is 11.4. The van der Waals surface area contributed by atoms with Crippen LogP contribution in [-0.2, 0) is 14.8 Å². The Morgan fingerprint density at radius 3 is 2.62 bits per heavy atom. The fourth-order valence-corrected chi connectivity index (χ4v) is 7.81. The summed E-state index contributed by atoms with van der Waals surface area (Å²) < 4.78 is 29.2. The number of para-hydroxylation sites is 1. The summed E-state index contributed by atoms with van der Waals surface area (Å²) in [5, 5.41) is 1.76. The van der Waals surface area contributed by atoms with Crippen LogP contribution in [0, 0.1) is 0 Å². The molecule has 3 heterocycles. The van der Waals surface area contributed by atoms with Gasteiger partial charge in [0, 0.05) is 38.4 Å². The third-order valence-electron chi connectivity index (χ3n) is 4.72. The van der Waals surface area contributed by atoms with E-state index in [1.165, 1.54) is 20.3 Å². The quantitative estimate of drug-likeness (QED) is 0.391. The number of thiophene rings is 1. The highest BCUT2D eigenvalue weighted by Crippen LogP contribution is 2.30. The van der Waals surface area contributed by atoms with E-state index in [4.69, 9.17) is 0 Å². The number of piperazine rings is 1. The first-order valence-electron chi connectivity index (χ1n) is 9.34.